The number of aryl methyl sites for hydroxylation is 1. The van der Waals surface area contributed by atoms with Crippen molar-refractivity contribution in [3.63, 3.8) is 0 Å². The second-order valence-electron chi connectivity index (χ2n) is 1.46. The van der Waals surface area contributed by atoms with Gasteiger partial charge in [-0.2, -0.15) is 0 Å². The van der Waals surface area contributed by atoms with E-state index in [-0.39, 0.29) is 0 Å². The van der Waals surface area contributed by atoms with E-state index in [0.717, 1.165) is 5.69 Å². The molecule has 2 nitrogen and oxygen atoms in total. The first-order valence-electron chi connectivity index (χ1n) is 3.23. The van der Waals surface area contributed by atoms with Gasteiger partial charge in [0.05, 0.1) is 10.7 Å². The van der Waals surface area contributed by atoms with Crippen molar-refractivity contribution in [3.05, 3.63) is 23.2 Å². The summed E-state index contributed by atoms with van der Waals surface area (Å²) in [6, 6.07) is 0. The zero-order valence-corrected chi connectivity index (χ0v) is 7.18. The van der Waals surface area contributed by atoms with Gasteiger partial charge in [-0.05, 0) is 6.92 Å². The molecule has 0 atom stereocenters. The minimum Gasteiger partial charge on any atom is -0.243 e. The molecule has 0 aromatic carbocycles. The van der Waals surface area contributed by atoms with E-state index in [1.165, 1.54) is 6.33 Å². The maximum absolute atomic E-state index is 5.58. The maximum atomic E-state index is 5.58. The molecule has 0 amide bonds. The fourth-order valence-corrected chi connectivity index (χ4v) is 0.479. The van der Waals surface area contributed by atoms with Crippen molar-refractivity contribution in [3.8, 4) is 0 Å². The third-order valence-electron chi connectivity index (χ3n) is 0.852. The quantitative estimate of drug-likeness (QED) is 0.580. The second kappa shape index (κ2) is 5.18. The molecule has 1 rings (SSSR count). The standard InChI is InChI=1S/C5H5ClN2.C2H6/c1-4-5(6)2-7-3-8-4;1-2/h2-3H,1H3;1-2H3. The number of hydrogen-bond acceptors (Lipinski definition) is 2. The van der Waals surface area contributed by atoms with Gasteiger partial charge in [-0.1, -0.05) is 25.4 Å². The Balaban J connectivity index is 0.000000371. The third kappa shape index (κ3) is 2.78. The van der Waals surface area contributed by atoms with Crippen molar-refractivity contribution >= 4 is 11.6 Å². The van der Waals surface area contributed by atoms with Gasteiger partial charge >= 0.3 is 0 Å². The Morgan fingerprint density at radius 1 is 1.40 bits per heavy atom. The highest BCUT2D eigenvalue weighted by Gasteiger charge is 1.89. The van der Waals surface area contributed by atoms with Crippen LogP contribution < -0.4 is 0 Å². The average molecular weight is 159 g/mol. The molecule has 0 bridgehead atoms. The minimum absolute atomic E-state index is 0.618. The number of hydrogen-bond donors (Lipinski definition) is 0. The molecule has 0 fully saturated rings. The SMILES string of the molecule is CC.Cc1ncncc1Cl. The molecule has 0 aliphatic rings. The fraction of sp³-hybridized carbons (Fsp3) is 0.429. The Labute approximate surface area is 66.3 Å². The predicted molar refractivity (Wildman–Crippen MR) is 43.1 cm³/mol. The summed E-state index contributed by atoms with van der Waals surface area (Å²) < 4.78 is 0. The van der Waals surface area contributed by atoms with Crippen molar-refractivity contribution in [2.45, 2.75) is 20.8 Å². The number of rotatable bonds is 0. The largest absolute Gasteiger partial charge is 0.243 e. The van der Waals surface area contributed by atoms with Gasteiger partial charge in [-0.3, -0.25) is 0 Å². The summed E-state index contributed by atoms with van der Waals surface area (Å²) in [5.41, 5.74) is 0.821. The summed E-state index contributed by atoms with van der Waals surface area (Å²) in [6.07, 6.45) is 3.05. The van der Waals surface area contributed by atoms with E-state index >= 15 is 0 Å². The molecule has 3 heteroatoms. The number of nitrogens with zero attached hydrogens (tertiary/aromatic N) is 2. The van der Waals surface area contributed by atoms with Crippen molar-refractivity contribution < 1.29 is 0 Å². The van der Waals surface area contributed by atoms with Gasteiger partial charge in [-0.25, -0.2) is 9.97 Å². The molecule has 1 aromatic rings. The van der Waals surface area contributed by atoms with Gasteiger partial charge in [0.1, 0.15) is 6.33 Å². The third-order valence-corrected chi connectivity index (χ3v) is 1.22. The fourth-order valence-electron chi connectivity index (χ4n) is 0.374. The van der Waals surface area contributed by atoms with Crippen LogP contribution in [0.15, 0.2) is 12.5 Å². The monoisotopic (exact) mass is 158 g/mol. The smallest absolute Gasteiger partial charge is 0.115 e. The molecule has 0 radical (unpaired) electrons. The topological polar surface area (TPSA) is 25.8 Å². The second-order valence-corrected chi connectivity index (χ2v) is 1.86. The molecule has 10 heavy (non-hydrogen) atoms. The van der Waals surface area contributed by atoms with Crippen LogP contribution in [-0.4, -0.2) is 9.97 Å². The summed E-state index contributed by atoms with van der Waals surface area (Å²) in [5.74, 6) is 0. The van der Waals surface area contributed by atoms with Gasteiger partial charge in [0.15, 0.2) is 0 Å². The Kier molecular flexibility index (Phi) is 4.85. The lowest BCUT2D eigenvalue weighted by Crippen LogP contribution is -1.81. The highest BCUT2D eigenvalue weighted by molar-refractivity contribution is 6.31. The van der Waals surface area contributed by atoms with Gasteiger partial charge in [-0.15, -0.1) is 0 Å². The van der Waals surface area contributed by atoms with Crippen molar-refractivity contribution in [2.75, 3.05) is 0 Å². The lowest BCUT2D eigenvalue weighted by atomic mass is 10.5. The van der Waals surface area contributed by atoms with E-state index in [4.69, 9.17) is 11.6 Å². The average Bonchev–Trinajstić information content (AvgIpc) is 2.00. The van der Waals surface area contributed by atoms with E-state index in [1.807, 2.05) is 20.8 Å². The lowest BCUT2D eigenvalue weighted by Gasteiger charge is -1.89. The highest BCUT2D eigenvalue weighted by atomic mass is 35.5. The van der Waals surface area contributed by atoms with Crippen LogP contribution in [0.25, 0.3) is 0 Å². The summed E-state index contributed by atoms with van der Waals surface area (Å²) >= 11 is 5.58. The Morgan fingerprint density at radius 3 is 2.30 bits per heavy atom. The molecule has 0 saturated carbocycles. The Morgan fingerprint density at radius 2 is 2.00 bits per heavy atom. The summed E-state index contributed by atoms with van der Waals surface area (Å²) in [6.45, 7) is 5.84. The Bertz CT molecular complexity index is 168. The van der Waals surface area contributed by atoms with E-state index < -0.39 is 0 Å². The molecular formula is C7H11ClN2. The predicted octanol–water partition coefficient (Wildman–Crippen LogP) is 2.46. The van der Waals surface area contributed by atoms with E-state index in [2.05, 4.69) is 9.97 Å². The van der Waals surface area contributed by atoms with Gasteiger partial charge < -0.3 is 0 Å². The first kappa shape index (κ1) is 9.37. The van der Waals surface area contributed by atoms with Crippen molar-refractivity contribution in [1.82, 2.24) is 9.97 Å². The van der Waals surface area contributed by atoms with Crippen LogP contribution in [0.4, 0.5) is 0 Å². The number of halogens is 1. The first-order valence-corrected chi connectivity index (χ1v) is 3.60. The first-order chi connectivity index (χ1) is 4.80. The van der Waals surface area contributed by atoms with E-state index in [9.17, 15) is 0 Å². The highest BCUT2D eigenvalue weighted by Crippen LogP contribution is 2.07. The summed E-state index contributed by atoms with van der Waals surface area (Å²) in [4.78, 5) is 7.54. The zero-order valence-electron chi connectivity index (χ0n) is 6.43. The van der Waals surface area contributed by atoms with Crippen LogP contribution in [0.1, 0.15) is 19.5 Å². The summed E-state index contributed by atoms with van der Waals surface area (Å²) in [5, 5.41) is 0.618. The normalized spacial score (nSPS) is 8.00. The van der Waals surface area contributed by atoms with Crippen molar-refractivity contribution in [2.24, 2.45) is 0 Å². The molecule has 56 valence electrons. The number of aromatic nitrogens is 2. The minimum atomic E-state index is 0.618. The van der Waals surface area contributed by atoms with Crippen molar-refractivity contribution in [1.29, 1.82) is 0 Å². The molecular weight excluding hydrogens is 148 g/mol. The van der Waals surface area contributed by atoms with Crippen LogP contribution in [0.3, 0.4) is 0 Å². The van der Waals surface area contributed by atoms with Crippen LogP contribution in [0.2, 0.25) is 5.02 Å². The van der Waals surface area contributed by atoms with Crippen LogP contribution in [0.5, 0.6) is 0 Å². The van der Waals surface area contributed by atoms with Crippen LogP contribution >= 0.6 is 11.6 Å². The van der Waals surface area contributed by atoms with E-state index in [1.54, 1.807) is 6.20 Å². The van der Waals surface area contributed by atoms with Gasteiger partial charge in [0.2, 0.25) is 0 Å². The lowest BCUT2D eigenvalue weighted by molar-refractivity contribution is 1.10. The van der Waals surface area contributed by atoms with Crippen LogP contribution in [-0.2, 0) is 0 Å². The zero-order chi connectivity index (χ0) is 7.98. The molecule has 0 aliphatic heterocycles. The van der Waals surface area contributed by atoms with Crippen LogP contribution in [0, 0.1) is 6.92 Å². The maximum Gasteiger partial charge on any atom is 0.115 e. The molecule has 1 aromatic heterocycles. The molecule has 1 heterocycles. The molecule has 0 N–H and O–H groups in total. The van der Waals surface area contributed by atoms with Gasteiger partial charge in [0, 0.05) is 6.20 Å². The van der Waals surface area contributed by atoms with E-state index in [0.29, 0.717) is 5.02 Å². The molecule has 0 aliphatic carbocycles. The molecule has 0 spiro atoms. The molecule has 0 saturated heterocycles. The van der Waals surface area contributed by atoms with Gasteiger partial charge in [0.25, 0.3) is 0 Å². The summed E-state index contributed by atoms with van der Waals surface area (Å²) in [7, 11) is 0. The molecule has 0 unspecified atom stereocenters. The Hall–Kier alpha value is -0.630.